The molecular formula is C22H27F3N4O4. The summed E-state index contributed by atoms with van der Waals surface area (Å²) in [5, 5.41) is 2.91. The number of rotatable bonds is 4. The van der Waals surface area contributed by atoms with Crippen LogP contribution in [-0.2, 0) is 14.3 Å². The molecule has 33 heavy (non-hydrogen) atoms. The van der Waals surface area contributed by atoms with Gasteiger partial charge in [-0.1, -0.05) is 12.1 Å². The second kappa shape index (κ2) is 8.68. The Bertz CT molecular complexity index is 885. The summed E-state index contributed by atoms with van der Waals surface area (Å²) in [7, 11) is 0. The van der Waals surface area contributed by atoms with Crippen LogP contribution in [0.2, 0.25) is 0 Å². The van der Waals surface area contributed by atoms with Crippen molar-refractivity contribution in [2.45, 2.75) is 36.8 Å². The van der Waals surface area contributed by atoms with Gasteiger partial charge in [0.15, 0.2) is 0 Å². The summed E-state index contributed by atoms with van der Waals surface area (Å²) in [6.45, 7) is 2.15. The molecule has 1 aromatic carbocycles. The van der Waals surface area contributed by atoms with Gasteiger partial charge in [0.25, 0.3) is 0 Å². The minimum Gasteiger partial charge on any atom is -0.366 e. The van der Waals surface area contributed by atoms with Crippen LogP contribution in [0, 0.1) is 0 Å². The molecule has 5 rings (SSSR count). The third-order valence-corrected chi connectivity index (χ3v) is 6.81. The first-order valence-electron chi connectivity index (χ1n) is 11.2. The van der Waals surface area contributed by atoms with Gasteiger partial charge in [0.05, 0.1) is 18.2 Å². The molecule has 0 radical (unpaired) electrons. The standard InChI is InChI=1S/C22H27F3N4O4/c23-22(24,25)13-33-17-9-28(10-17)16-3-1-14(2-4-16)15-7-29(8-15)21(31)27-6-5-19-18(11-27)26-20(30)12-32-19/h1-4,15,17-19H,5-13H2,(H,26,30)/t18-,19+/m1/s1. The lowest BCUT2D eigenvalue weighted by atomic mass is 9.91. The Morgan fingerprint density at radius 1 is 1.09 bits per heavy atom. The number of morpholine rings is 1. The predicted molar refractivity (Wildman–Crippen MR) is 112 cm³/mol. The van der Waals surface area contributed by atoms with E-state index in [1.165, 1.54) is 0 Å². The monoisotopic (exact) mass is 468 g/mol. The Morgan fingerprint density at radius 2 is 1.82 bits per heavy atom. The van der Waals surface area contributed by atoms with E-state index < -0.39 is 18.9 Å². The maximum absolute atomic E-state index is 12.9. The van der Waals surface area contributed by atoms with Gasteiger partial charge in [-0.2, -0.15) is 13.2 Å². The van der Waals surface area contributed by atoms with Crippen LogP contribution >= 0.6 is 0 Å². The first-order valence-corrected chi connectivity index (χ1v) is 11.2. The summed E-state index contributed by atoms with van der Waals surface area (Å²) in [5.41, 5.74) is 2.09. The van der Waals surface area contributed by atoms with Crippen LogP contribution in [0.5, 0.6) is 0 Å². The zero-order valence-corrected chi connectivity index (χ0v) is 18.1. The molecule has 0 spiro atoms. The van der Waals surface area contributed by atoms with E-state index in [2.05, 4.69) is 5.32 Å². The van der Waals surface area contributed by atoms with E-state index in [1.54, 1.807) is 4.90 Å². The Hall–Kier alpha value is -2.53. The van der Waals surface area contributed by atoms with Crippen molar-refractivity contribution in [1.29, 1.82) is 0 Å². The van der Waals surface area contributed by atoms with Crippen LogP contribution in [0.25, 0.3) is 0 Å². The van der Waals surface area contributed by atoms with Crippen LogP contribution in [0.1, 0.15) is 17.9 Å². The molecule has 0 unspecified atom stereocenters. The number of carbonyl (C=O) groups is 2. The van der Waals surface area contributed by atoms with Crippen LogP contribution in [0.15, 0.2) is 24.3 Å². The highest BCUT2D eigenvalue weighted by atomic mass is 19.4. The third-order valence-electron chi connectivity index (χ3n) is 6.81. The number of nitrogens with zero attached hydrogens (tertiary/aromatic N) is 3. The molecule has 180 valence electrons. The topological polar surface area (TPSA) is 74.4 Å². The molecule has 1 aromatic rings. The van der Waals surface area contributed by atoms with Gasteiger partial charge in [0.1, 0.15) is 13.2 Å². The van der Waals surface area contributed by atoms with E-state index in [0.717, 1.165) is 11.3 Å². The zero-order chi connectivity index (χ0) is 23.2. The Kier molecular flexibility index (Phi) is 5.86. The molecular weight excluding hydrogens is 441 g/mol. The van der Waals surface area contributed by atoms with Gasteiger partial charge in [-0.05, 0) is 24.1 Å². The van der Waals surface area contributed by atoms with E-state index in [1.807, 2.05) is 34.1 Å². The number of likely N-dealkylation sites (tertiary alicyclic amines) is 2. The normalized spacial score (nSPS) is 26.4. The number of nitrogens with one attached hydrogen (secondary N) is 1. The van der Waals surface area contributed by atoms with Crippen molar-refractivity contribution in [3.05, 3.63) is 29.8 Å². The molecule has 11 heteroatoms. The average Bonchev–Trinajstić information content (AvgIpc) is 2.71. The zero-order valence-electron chi connectivity index (χ0n) is 18.1. The second-order valence-corrected chi connectivity index (χ2v) is 9.19. The van der Waals surface area contributed by atoms with Crippen molar-refractivity contribution < 1.29 is 32.2 Å². The molecule has 3 amide bonds. The largest absolute Gasteiger partial charge is 0.411 e. The minimum atomic E-state index is -4.29. The predicted octanol–water partition coefficient (Wildman–Crippen LogP) is 1.56. The lowest BCUT2D eigenvalue weighted by Crippen LogP contribution is -2.63. The first kappa shape index (κ1) is 22.3. The Balaban J connectivity index is 1.07. The fraction of sp³-hybridized carbons (Fsp3) is 0.636. The molecule has 1 N–H and O–H groups in total. The van der Waals surface area contributed by atoms with Gasteiger partial charge in [0.2, 0.25) is 5.91 Å². The van der Waals surface area contributed by atoms with Gasteiger partial charge in [-0.3, -0.25) is 4.79 Å². The minimum absolute atomic E-state index is 0.00776. The lowest BCUT2D eigenvalue weighted by molar-refractivity contribution is -0.187. The molecule has 2 atom stereocenters. The molecule has 0 bridgehead atoms. The van der Waals surface area contributed by atoms with Crippen molar-refractivity contribution in [2.75, 3.05) is 57.4 Å². The van der Waals surface area contributed by atoms with Gasteiger partial charge in [0, 0.05) is 50.9 Å². The van der Waals surface area contributed by atoms with Gasteiger partial charge in [-0.25, -0.2) is 4.79 Å². The molecule has 4 heterocycles. The van der Waals surface area contributed by atoms with Gasteiger partial charge >= 0.3 is 12.2 Å². The van der Waals surface area contributed by atoms with E-state index in [9.17, 15) is 22.8 Å². The van der Waals surface area contributed by atoms with Crippen LogP contribution in [0.3, 0.4) is 0 Å². The quantitative estimate of drug-likeness (QED) is 0.726. The fourth-order valence-corrected chi connectivity index (χ4v) is 4.84. The summed E-state index contributed by atoms with van der Waals surface area (Å²) in [6, 6.07) is 7.82. The number of halogens is 3. The Morgan fingerprint density at radius 3 is 2.52 bits per heavy atom. The number of benzene rings is 1. The van der Waals surface area contributed by atoms with E-state index >= 15 is 0 Å². The second-order valence-electron chi connectivity index (χ2n) is 9.19. The third kappa shape index (κ3) is 4.89. The Labute approximate surface area is 189 Å². The summed E-state index contributed by atoms with van der Waals surface area (Å²) < 4.78 is 47.1. The average molecular weight is 468 g/mol. The van der Waals surface area contributed by atoms with E-state index in [0.29, 0.717) is 45.7 Å². The number of amides is 3. The van der Waals surface area contributed by atoms with Crippen molar-refractivity contribution in [2.24, 2.45) is 0 Å². The molecule has 4 aliphatic rings. The highest BCUT2D eigenvalue weighted by Crippen LogP contribution is 2.31. The number of piperidine rings is 1. The molecule has 0 saturated carbocycles. The summed E-state index contributed by atoms with van der Waals surface area (Å²) >= 11 is 0. The smallest absolute Gasteiger partial charge is 0.366 e. The number of carbonyl (C=O) groups excluding carboxylic acids is 2. The summed E-state index contributed by atoms with van der Waals surface area (Å²) in [6.07, 6.45) is -3.99. The first-order chi connectivity index (χ1) is 15.7. The van der Waals surface area contributed by atoms with Crippen molar-refractivity contribution in [3.8, 4) is 0 Å². The number of urea groups is 1. The van der Waals surface area contributed by atoms with E-state index in [4.69, 9.17) is 9.47 Å². The summed E-state index contributed by atoms with van der Waals surface area (Å²) in [4.78, 5) is 30.0. The van der Waals surface area contributed by atoms with Crippen LogP contribution in [0.4, 0.5) is 23.7 Å². The number of alkyl halides is 3. The number of hydrogen-bond donors (Lipinski definition) is 1. The number of hydrogen-bond acceptors (Lipinski definition) is 5. The number of ether oxygens (including phenoxy) is 2. The van der Waals surface area contributed by atoms with Gasteiger partial charge in [-0.15, -0.1) is 0 Å². The molecule has 4 saturated heterocycles. The van der Waals surface area contributed by atoms with Crippen molar-refractivity contribution >= 4 is 17.6 Å². The number of anilines is 1. The van der Waals surface area contributed by atoms with Crippen molar-refractivity contribution in [1.82, 2.24) is 15.1 Å². The molecule has 8 nitrogen and oxygen atoms in total. The highest BCUT2D eigenvalue weighted by molar-refractivity contribution is 5.79. The highest BCUT2D eigenvalue weighted by Gasteiger charge is 2.40. The van der Waals surface area contributed by atoms with Crippen LogP contribution < -0.4 is 10.2 Å². The maximum atomic E-state index is 12.9. The molecule has 0 aromatic heterocycles. The maximum Gasteiger partial charge on any atom is 0.411 e. The van der Waals surface area contributed by atoms with Crippen LogP contribution in [-0.4, -0.2) is 98.6 Å². The molecule has 4 aliphatic heterocycles. The fourth-order valence-electron chi connectivity index (χ4n) is 4.84. The van der Waals surface area contributed by atoms with Crippen molar-refractivity contribution in [3.63, 3.8) is 0 Å². The lowest BCUT2D eigenvalue weighted by Gasteiger charge is -2.46. The van der Waals surface area contributed by atoms with Gasteiger partial charge < -0.3 is 29.5 Å². The van der Waals surface area contributed by atoms with E-state index in [-0.39, 0.29) is 36.6 Å². The SMILES string of the molecule is O=C1CO[C@H]2CCN(C(=O)N3CC(c4ccc(N5CC(OCC(F)(F)F)C5)cc4)C3)C[C@H]2N1. The molecule has 0 aliphatic carbocycles. The summed E-state index contributed by atoms with van der Waals surface area (Å²) in [5.74, 6) is 0.123. The molecule has 4 fully saturated rings. The number of fused-ring (bicyclic) bond motifs is 1.